The number of carbonyl (C=O) groups is 1. The first-order chi connectivity index (χ1) is 8.25. The number of carbonyl (C=O) groups excluding carboxylic acids is 1. The lowest BCUT2D eigenvalue weighted by Crippen LogP contribution is -2.47. The topological polar surface area (TPSA) is 52.7 Å². The van der Waals surface area contributed by atoms with Gasteiger partial charge >= 0.3 is 0 Å². The first-order valence-electron chi connectivity index (χ1n) is 6.31. The minimum atomic E-state index is -0.625. The maximum absolute atomic E-state index is 11.9. The Bertz CT molecular complexity index is 282. The molecular formula is C11H21N3O2S. The summed E-state index contributed by atoms with van der Waals surface area (Å²) in [6.45, 7) is 6.07. The van der Waals surface area contributed by atoms with Gasteiger partial charge in [-0.3, -0.25) is 9.00 Å². The van der Waals surface area contributed by atoms with Gasteiger partial charge in [-0.15, -0.1) is 0 Å². The van der Waals surface area contributed by atoms with Gasteiger partial charge in [0.15, 0.2) is 0 Å². The lowest BCUT2D eigenvalue weighted by molar-refractivity contribution is -0.132. The second-order valence-corrected chi connectivity index (χ2v) is 6.27. The average Bonchev–Trinajstić information content (AvgIpc) is 2.39. The minimum Gasteiger partial charge on any atom is -0.340 e. The van der Waals surface area contributed by atoms with Crippen LogP contribution in [0, 0.1) is 0 Å². The van der Waals surface area contributed by atoms with E-state index in [1.807, 2.05) is 4.90 Å². The molecule has 0 aliphatic carbocycles. The maximum Gasteiger partial charge on any atom is 0.223 e. The summed E-state index contributed by atoms with van der Waals surface area (Å²) in [6.07, 6.45) is 0.604. The highest BCUT2D eigenvalue weighted by molar-refractivity contribution is 7.85. The summed E-state index contributed by atoms with van der Waals surface area (Å²) in [7, 11) is -0.625. The highest BCUT2D eigenvalue weighted by Crippen LogP contribution is 2.03. The molecule has 5 nitrogen and oxygen atoms in total. The smallest absolute Gasteiger partial charge is 0.223 e. The van der Waals surface area contributed by atoms with Crippen molar-refractivity contribution in [2.24, 2.45) is 0 Å². The quantitative estimate of drug-likeness (QED) is 0.697. The monoisotopic (exact) mass is 259 g/mol. The Morgan fingerprint density at radius 3 is 2.41 bits per heavy atom. The van der Waals surface area contributed by atoms with Crippen molar-refractivity contribution in [3.8, 4) is 0 Å². The van der Waals surface area contributed by atoms with Gasteiger partial charge < -0.3 is 15.1 Å². The molecule has 0 aromatic rings. The Morgan fingerprint density at radius 1 is 1.12 bits per heavy atom. The van der Waals surface area contributed by atoms with Gasteiger partial charge in [-0.2, -0.15) is 0 Å². The fourth-order valence-electron chi connectivity index (χ4n) is 2.23. The van der Waals surface area contributed by atoms with Gasteiger partial charge in [-0.25, -0.2) is 0 Å². The van der Waals surface area contributed by atoms with Crippen LogP contribution >= 0.6 is 0 Å². The molecule has 0 atom stereocenters. The zero-order valence-corrected chi connectivity index (χ0v) is 11.0. The lowest BCUT2D eigenvalue weighted by atomic mass is 10.3. The highest BCUT2D eigenvalue weighted by Gasteiger charge is 2.19. The summed E-state index contributed by atoms with van der Waals surface area (Å²) in [5.74, 6) is 1.79. The summed E-state index contributed by atoms with van der Waals surface area (Å²) < 4.78 is 11.2. The third kappa shape index (κ3) is 4.04. The van der Waals surface area contributed by atoms with Gasteiger partial charge in [-0.1, -0.05) is 0 Å². The number of rotatable bonds is 3. The van der Waals surface area contributed by atoms with E-state index in [2.05, 4.69) is 10.2 Å². The standard InChI is InChI=1S/C11H21N3O2S/c15-11(14-5-2-12-3-6-14)1-4-13-7-9-17(16)10-8-13/h12H,1-10H2. The normalized spacial score (nSPS) is 23.9. The first-order valence-corrected chi connectivity index (χ1v) is 7.80. The summed E-state index contributed by atoms with van der Waals surface area (Å²) in [6, 6.07) is 0. The summed E-state index contributed by atoms with van der Waals surface area (Å²) in [5.41, 5.74) is 0. The predicted octanol–water partition coefficient (Wildman–Crippen LogP) is -1.13. The van der Waals surface area contributed by atoms with E-state index in [-0.39, 0.29) is 5.91 Å². The molecule has 0 radical (unpaired) electrons. The molecule has 0 spiro atoms. The van der Waals surface area contributed by atoms with Crippen LogP contribution in [0.15, 0.2) is 0 Å². The Morgan fingerprint density at radius 2 is 1.76 bits per heavy atom. The van der Waals surface area contributed by atoms with Gasteiger partial charge in [0.1, 0.15) is 0 Å². The van der Waals surface area contributed by atoms with Gasteiger partial charge in [0, 0.05) is 74.5 Å². The van der Waals surface area contributed by atoms with E-state index in [9.17, 15) is 9.00 Å². The van der Waals surface area contributed by atoms with E-state index in [1.165, 1.54) is 0 Å². The number of hydrogen-bond donors (Lipinski definition) is 1. The SMILES string of the molecule is O=C(CCN1CCS(=O)CC1)N1CCNCC1. The average molecular weight is 259 g/mol. The maximum atomic E-state index is 11.9. The Labute approximate surface area is 105 Å². The van der Waals surface area contributed by atoms with Crippen molar-refractivity contribution in [3.63, 3.8) is 0 Å². The number of nitrogens with zero attached hydrogens (tertiary/aromatic N) is 2. The van der Waals surface area contributed by atoms with E-state index in [4.69, 9.17) is 0 Å². The molecular weight excluding hydrogens is 238 g/mol. The zero-order valence-electron chi connectivity index (χ0n) is 10.2. The number of nitrogens with one attached hydrogen (secondary N) is 1. The van der Waals surface area contributed by atoms with Crippen LogP contribution in [-0.4, -0.2) is 77.2 Å². The van der Waals surface area contributed by atoms with Crippen LogP contribution in [0.4, 0.5) is 0 Å². The van der Waals surface area contributed by atoms with Crippen molar-refractivity contribution in [3.05, 3.63) is 0 Å². The molecule has 2 aliphatic heterocycles. The third-order valence-corrected chi connectivity index (χ3v) is 4.66. The molecule has 2 heterocycles. The van der Waals surface area contributed by atoms with Crippen molar-refractivity contribution in [2.45, 2.75) is 6.42 Å². The zero-order chi connectivity index (χ0) is 12.1. The molecule has 1 amide bonds. The molecule has 2 aliphatic rings. The lowest BCUT2D eigenvalue weighted by Gasteiger charge is -2.30. The van der Waals surface area contributed by atoms with Gasteiger partial charge in [0.25, 0.3) is 0 Å². The van der Waals surface area contributed by atoms with Crippen molar-refractivity contribution >= 4 is 16.7 Å². The molecule has 0 bridgehead atoms. The molecule has 1 N–H and O–H groups in total. The van der Waals surface area contributed by atoms with Gasteiger partial charge in [-0.05, 0) is 0 Å². The molecule has 2 rings (SSSR count). The Hall–Kier alpha value is -0.460. The van der Waals surface area contributed by atoms with Crippen molar-refractivity contribution in [1.82, 2.24) is 15.1 Å². The van der Waals surface area contributed by atoms with E-state index >= 15 is 0 Å². The summed E-state index contributed by atoms with van der Waals surface area (Å²) >= 11 is 0. The van der Waals surface area contributed by atoms with Crippen molar-refractivity contribution < 1.29 is 9.00 Å². The molecule has 0 saturated carbocycles. The summed E-state index contributed by atoms with van der Waals surface area (Å²) in [5, 5.41) is 3.24. The largest absolute Gasteiger partial charge is 0.340 e. The molecule has 6 heteroatoms. The van der Waals surface area contributed by atoms with E-state index < -0.39 is 10.8 Å². The fraction of sp³-hybridized carbons (Fsp3) is 0.909. The van der Waals surface area contributed by atoms with E-state index in [0.29, 0.717) is 6.42 Å². The first kappa shape index (κ1) is 13.0. The second kappa shape index (κ2) is 6.47. The Balaban J connectivity index is 1.67. The molecule has 0 aromatic heterocycles. The second-order valence-electron chi connectivity index (χ2n) is 4.57. The fourth-order valence-corrected chi connectivity index (χ4v) is 3.35. The van der Waals surface area contributed by atoms with E-state index in [0.717, 1.165) is 57.3 Å². The minimum absolute atomic E-state index is 0.262. The predicted molar refractivity (Wildman–Crippen MR) is 68.4 cm³/mol. The van der Waals surface area contributed by atoms with Crippen LogP contribution in [-0.2, 0) is 15.6 Å². The highest BCUT2D eigenvalue weighted by atomic mass is 32.2. The number of piperazine rings is 1. The number of hydrogen-bond acceptors (Lipinski definition) is 4. The summed E-state index contributed by atoms with van der Waals surface area (Å²) in [4.78, 5) is 16.1. The Kier molecular flexibility index (Phi) is 4.94. The van der Waals surface area contributed by atoms with Crippen molar-refractivity contribution in [2.75, 3.05) is 57.3 Å². The van der Waals surface area contributed by atoms with Gasteiger partial charge in [0.2, 0.25) is 5.91 Å². The molecule has 17 heavy (non-hydrogen) atoms. The molecule has 98 valence electrons. The van der Waals surface area contributed by atoms with Crippen LogP contribution in [0.2, 0.25) is 0 Å². The van der Waals surface area contributed by atoms with Crippen LogP contribution < -0.4 is 5.32 Å². The van der Waals surface area contributed by atoms with Crippen LogP contribution in [0.25, 0.3) is 0 Å². The van der Waals surface area contributed by atoms with Crippen LogP contribution in [0.1, 0.15) is 6.42 Å². The van der Waals surface area contributed by atoms with Crippen LogP contribution in [0.5, 0.6) is 0 Å². The molecule has 2 fully saturated rings. The molecule has 2 saturated heterocycles. The van der Waals surface area contributed by atoms with Crippen molar-refractivity contribution in [1.29, 1.82) is 0 Å². The third-order valence-electron chi connectivity index (χ3n) is 3.38. The van der Waals surface area contributed by atoms with Gasteiger partial charge in [0.05, 0.1) is 0 Å². The number of amides is 1. The van der Waals surface area contributed by atoms with Crippen LogP contribution in [0.3, 0.4) is 0 Å². The molecule has 0 aromatic carbocycles. The molecule has 0 unspecified atom stereocenters. The van der Waals surface area contributed by atoms with E-state index in [1.54, 1.807) is 0 Å².